The highest BCUT2D eigenvalue weighted by Gasteiger charge is 2.18. The molecule has 0 atom stereocenters. The van der Waals surface area contributed by atoms with Crippen LogP contribution in [-0.4, -0.2) is 27.2 Å². The number of hydrogen-bond donors (Lipinski definition) is 1. The van der Waals surface area contributed by atoms with Gasteiger partial charge >= 0.3 is 0 Å². The number of aryl methyl sites for hydroxylation is 1. The van der Waals surface area contributed by atoms with Crippen molar-refractivity contribution in [2.24, 2.45) is 5.73 Å². The Morgan fingerprint density at radius 3 is 2.17 bits per heavy atom. The van der Waals surface area contributed by atoms with Crippen LogP contribution in [0.1, 0.15) is 11.1 Å². The molecule has 2 aromatic rings. The lowest BCUT2D eigenvalue weighted by molar-refractivity contribution is -0.119. The van der Waals surface area contributed by atoms with Crippen LogP contribution in [-0.2, 0) is 21.4 Å². The average Bonchev–Trinajstić information content (AvgIpc) is 2.52. The molecule has 0 bridgehead atoms. The molecule has 7 heteroatoms. The first-order valence-electron chi connectivity index (χ1n) is 7.30. The Morgan fingerprint density at radius 1 is 1.08 bits per heavy atom. The van der Waals surface area contributed by atoms with Gasteiger partial charge in [-0.05, 0) is 36.8 Å². The summed E-state index contributed by atoms with van der Waals surface area (Å²) in [4.78, 5) is 10.7. The number of carbonyl (C=O) groups excluding carboxylic acids is 1. The lowest BCUT2D eigenvalue weighted by Crippen LogP contribution is -2.29. The lowest BCUT2D eigenvalue weighted by Gasteiger charge is -2.23. The molecular weight excluding hydrogens is 328 g/mol. The normalized spacial score (nSPS) is 11.1. The summed E-state index contributed by atoms with van der Waals surface area (Å²) in [5, 5.41) is 0. The quantitative estimate of drug-likeness (QED) is 0.826. The Balaban J connectivity index is 2.22. The van der Waals surface area contributed by atoms with E-state index in [1.807, 2.05) is 31.2 Å². The van der Waals surface area contributed by atoms with Crippen molar-refractivity contribution in [2.75, 3.05) is 17.2 Å². The number of sulfonamides is 1. The number of benzene rings is 2. The van der Waals surface area contributed by atoms with Crippen LogP contribution in [0.3, 0.4) is 0 Å². The van der Waals surface area contributed by atoms with Crippen molar-refractivity contribution < 1.29 is 17.9 Å². The fraction of sp³-hybridized carbons (Fsp3) is 0.235. The highest BCUT2D eigenvalue weighted by Crippen LogP contribution is 2.23. The maximum atomic E-state index is 12.1. The van der Waals surface area contributed by atoms with Crippen LogP contribution < -0.4 is 14.8 Å². The first-order chi connectivity index (χ1) is 11.3. The number of ether oxygens (including phenoxy) is 1. The van der Waals surface area contributed by atoms with Crippen LogP contribution in [0.2, 0.25) is 0 Å². The fourth-order valence-corrected chi connectivity index (χ4v) is 3.01. The van der Waals surface area contributed by atoms with Crippen LogP contribution in [0.15, 0.2) is 48.5 Å². The summed E-state index contributed by atoms with van der Waals surface area (Å²) in [6, 6.07) is 14.1. The number of amides is 1. The van der Waals surface area contributed by atoms with Crippen molar-refractivity contribution >= 4 is 21.6 Å². The molecule has 0 aliphatic rings. The van der Waals surface area contributed by atoms with E-state index in [0.29, 0.717) is 11.4 Å². The van der Waals surface area contributed by atoms with E-state index in [1.165, 1.54) is 10.6 Å². The van der Waals surface area contributed by atoms with Gasteiger partial charge in [0.15, 0.2) is 6.61 Å². The monoisotopic (exact) mass is 348 g/mol. The van der Waals surface area contributed by atoms with E-state index in [2.05, 4.69) is 0 Å². The number of anilines is 1. The number of carbonyl (C=O) groups is 1. The van der Waals surface area contributed by atoms with Crippen molar-refractivity contribution in [3.63, 3.8) is 0 Å². The maximum absolute atomic E-state index is 12.1. The minimum atomic E-state index is -3.45. The second kappa shape index (κ2) is 7.35. The molecular formula is C17H20N2O4S. The predicted molar refractivity (Wildman–Crippen MR) is 93.3 cm³/mol. The maximum Gasteiger partial charge on any atom is 0.255 e. The zero-order chi connectivity index (χ0) is 17.7. The van der Waals surface area contributed by atoms with E-state index in [0.717, 1.165) is 11.1 Å². The van der Waals surface area contributed by atoms with E-state index >= 15 is 0 Å². The van der Waals surface area contributed by atoms with Gasteiger partial charge < -0.3 is 10.5 Å². The molecule has 0 aromatic heterocycles. The van der Waals surface area contributed by atoms with Gasteiger partial charge in [-0.3, -0.25) is 9.10 Å². The van der Waals surface area contributed by atoms with E-state index < -0.39 is 15.9 Å². The largest absolute Gasteiger partial charge is 0.484 e. The Hall–Kier alpha value is -2.54. The predicted octanol–water partition coefficient (Wildman–Crippen LogP) is 1.83. The van der Waals surface area contributed by atoms with Crippen LogP contribution in [0.4, 0.5) is 5.69 Å². The molecule has 128 valence electrons. The Bertz CT molecular complexity index is 799. The minimum Gasteiger partial charge on any atom is -0.484 e. The van der Waals surface area contributed by atoms with E-state index in [4.69, 9.17) is 10.5 Å². The first kappa shape index (κ1) is 17.8. The molecule has 0 unspecified atom stereocenters. The van der Waals surface area contributed by atoms with Gasteiger partial charge in [0.2, 0.25) is 10.0 Å². The molecule has 0 aliphatic carbocycles. The first-order valence-corrected chi connectivity index (χ1v) is 9.15. The van der Waals surface area contributed by atoms with Crippen LogP contribution in [0, 0.1) is 6.92 Å². The van der Waals surface area contributed by atoms with Crippen molar-refractivity contribution in [3.05, 3.63) is 59.7 Å². The molecule has 24 heavy (non-hydrogen) atoms. The van der Waals surface area contributed by atoms with Crippen LogP contribution in [0.25, 0.3) is 0 Å². The molecule has 0 radical (unpaired) electrons. The zero-order valence-electron chi connectivity index (χ0n) is 13.6. The third-order valence-corrected chi connectivity index (χ3v) is 4.49. The number of nitrogens with two attached hydrogens (primary N) is 1. The minimum absolute atomic E-state index is 0.224. The Morgan fingerprint density at radius 2 is 1.67 bits per heavy atom. The fourth-order valence-electron chi connectivity index (χ4n) is 2.12. The Labute approximate surface area is 141 Å². The van der Waals surface area contributed by atoms with Crippen LogP contribution in [0.5, 0.6) is 5.75 Å². The van der Waals surface area contributed by atoms with Gasteiger partial charge in [0.25, 0.3) is 5.91 Å². The average molecular weight is 348 g/mol. The smallest absolute Gasteiger partial charge is 0.255 e. The second-order valence-electron chi connectivity index (χ2n) is 5.50. The molecule has 0 fully saturated rings. The molecule has 0 saturated heterocycles. The summed E-state index contributed by atoms with van der Waals surface area (Å²) < 4.78 is 30.8. The Kier molecular flexibility index (Phi) is 5.46. The summed E-state index contributed by atoms with van der Waals surface area (Å²) in [6.45, 7) is 1.99. The highest BCUT2D eigenvalue weighted by molar-refractivity contribution is 7.92. The van der Waals surface area contributed by atoms with Crippen molar-refractivity contribution in [1.29, 1.82) is 0 Å². The van der Waals surface area contributed by atoms with Gasteiger partial charge in [0.05, 0.1) is 18.5 Å². The zero-order valence-corrected chi connectivity index (χ0v) is 14.4. The summed E-state index contributed by atoms with van der Waals surface area (Å²) in [5.74, 6) is -0.127. The van der Waals surface area contributed by atoms with Gasteiger partial charge in [-0.1, -0.05) is 29.8 Å². The highest BCUT2D eigenvalue weighted by atomic mass is 32.2. The molecule has 2 N–H and O–H groups in total. The molecule has 0 saturated carbocycles. The van der Waals surface area contributed by atoms with Gasteiger partial charge in [0.1, 0.15) is 5.75 Å². The van der Waals surface area contributed by atoms with Crippen molar-refractivity contribution in [3.8, 4) is 5.75 Å². The lowest BCUT2D eigenvalue weighted by atomic mass is 10.1. The van der Waals surface area contributed by atoms with Gasteiger partial charge in [-0.15, -0.1) is 0 Å². The topological polar surface area (TPSA) is 89.7 Å². The molecule has 0 spiro atoms. The third-order valence-electron chi connectivity index (χ3n) is 3.35. The molecule has 6 nitrogen and oxygen atoms in total. The van der Waals surface area contributed by atoms with E-state index in [1.54, 1.807) is 24.3 Å². The second-order valence-corrected chi connectivity index (χ2v) is 7.41. The van der Waals surface area contributed by atoms with E-state index in [9.17, 15) is 13.2 Å². The number of rotatable bonds is 7. The van der Waals surface area contributed by atoms with E-state index in [-0.39, 0.29) is 13.2 Å². The van der Waals surface area contributed by atoms with Gasteiger partial charge in [-0.25, -0.2) is 8.42 Å². The number of primary amides is 1. The summed E-state index contributed by atoms with van der Waals surface area (Å²) >= 11 is 0. The molecule has 0 heterocycles. The molecule has 2 rings (SSSR count). The van der Waals surface area contributed by atoms with Crippen molar-refractivity contribution in [2.45, 2.75) is 13.5 Å². The summed E-state index contributed by atoms with van der Waals surface area (Å²) in [7, 11) is -3.45. The standard InChI is InChI=1S/C17H20N2O4S/c1-13-3-5-14(6-4-13)11-19(24(2,21)22)15-7-9-16(10-8-15)23-12-17(18)20/h3-10H,11-12H2,1-2H3,(H2,18,20). The number of nitrogens with zero attached hydrogens (tertiary/aromatic N) is 1. The molecule has 2 aromatic carbocycles. The van der Waals surface area contributed by atoms with Gasteiger partial charge in [-0.2, -0.15) is 0 Å². The van der Waals surface area contributed by atoms with Crippen molar-refractivity contribution in [1.82, 2.24) is 0 Å². The summed E-state index contributed by atoms with van der Waals surface area (Å²) in [6.07, 6.45) is 1.17. The number of hydrogen-bond acceptors (Lipinski definition) is 4. The van der Waals surface area contributed by atoms with Crippen LogP contribution >= 0.6 is 0 Å². The molecule has 1 amide bonds. The third kappa shape index (κ3) is 4.99. The summed E-state index contributed by atoms with van der Waals surface area (Å²) in [5.41, 5.74) is 7.54. The molecule has 0 aliphatic heterocycles. The SMILES string of the molecule is Cc1ccc(CN(c2ccc(OCC(N)=O)cc2)S(C)(=O)=O)cc1. The van der Waals surface area contributed by atoms with Gasteiger partial charge in [0, 0.05) is 0 Å².